The minimum absolute atomic E-state index is 0.0682. The number of thiophene rings is 1. The molecule has 9 heteroatoms. The van der Waals surface area contributed by atoms with Crippen molar-refractivity contribution in [1.29, 1.82) is 0 Å². The van der Waals surface area contributed by atoms with Crippen LogP contribution in [0.5, 0.6) is 11.5 Å². The van der Waals surface area contributed by atoms with Crippen molar-refractivity contribution in [3.05, 3.63) is 53.7 Å². The van der Waals surface area contributed by atoms with Gasteiger partial charge in [-0.1, -0.05) is 13.3 Å². The molecule has 4 heterocycles. The highest BCUT2D eigenvalue weighted by Crippen LogP contribution is 2.31. The average molecular weight is 579 g/mol. The summed E-state index contributed by atoms with van der Waals surface area (Å²) in [6.07, 6.45) is 6.46. The Labute approximate surface area is 246 Å². The lowest BCUT2D eigenvalue weighted by Crippen LogP contribution is -2.37. The van der Waals surface area contributed by atoms with E-state index in [0.717, 1.165) is 61.7 Å². The largest absolute Gasteiger partial charge is 0.492 e. The van der Waals surface area contributed by atoms with Crippen LogP contribution in [0.25, 0.3) is 21.7 Å². The zero-order valence-electron chi connectivity index (χ0n) is 24.9. The molecule has 1 aliphatic rings. The molecule has 0 radical (unpaired) electrons. The van der Waals surface area contributed by atoms with Crippen molar-refractivity contribution in [1.82, 2.24) is 19.0 Å². The maximum Gasteiger partial charge on any atom is 0.410 e. The van der Waals surface area contributed by atoms with Crippen molar-refractivity contribution < 1.29 is 19.0 Å². The van der Waals surface area contributed by atoms with Gasteiger partial charge in [-0.3, -0.25) is 0 Å². The molecule has 0 saturated carbocycles. The topological polar surface area (TPSA) is 70.8 Å². The van der Waals surface area contributed by atoms with Gasteiger partial charge in [0.15, 0.2) is 5.82 Å². The molecule has 220 valence electrons. The number of nitrogens with zero attached hydrogens (tertiary/aromatic N) is 4. The highest BCUT2D eigenvalue weighted by molar-refractivity contribution is 7.17. The van der Waals surface area contributed by atoms with Crippen molar-refractivity contribution in [2.75, 3.05) is 19.7 Å². The molecule has 8 nitrogen and oxygen atoms in total. The molecular formula is C32H42N4O4S. The third kappa shape index (κ3) is 7.07. The number of aryl methyl sites for hydroxylation is 2. The third-order valence-electron chi connectivity index (χ3n) is 7.37. The first-order valence-electron chi connectivity index (χ1n) is 14.7. The highest BCUT2D eigenvalue weighted by atomic mass is 32.1. The van der Waals surface area contributed by atoms with Gasteiger partial charge in [-0.25, -0.2) is 9.78 Å². The fourth-order valence-electron chi connectivity index (χ4n) is 5.34. The summed E-state index contributed by atoms with van der Waals surface area (Å²) in [7, 11) is 2.11. The Kier molecular flexibility index (Phi) is 8.92. The molecular weight excluding hydrogens is 536 g/mol. The molecule has 1 aromatic carbocycles. The molecule has 1 atom stereocenters. The lowest BCUT2D eigenvalue weighted by molar-refractivity contribution is 0.0252. The van der Waals surface area contributed by atoms with Gasteiger partial charge in [-0.05, 0) is 81.8 Å². The van der Waals surface area contributed by atoms with E-state index in [1.807, 2.05) is 51.2 Å². The number of benzene rings is 1. The summed E-state index contributed by atoms with van der Waals surface area (Å²) in [5.74, 6) is 2.62. The molecule has 1 saturated heterocycles. The number of amides is 1. The first-order valence-corrected chi connectivity index (χ1v) is 15.5. The van der Waals surface area contributed by atoms with Crippen molar-refractivity contribution in [3.63, 3.8) is 0 Å². The summed E-state index contributed by atoms with van der Waals surface area (Å²) in [6, 6.07) is 12.3. The van der Waals surface area contributed by atoms with E-state index in [4.69, 9.17) is 19.2 Å². The molecule has 4 aromatic rings. The van der Waals surface area contributed by atoms with Crippen LogP contribution in [-0.2, 0) is 24.8 Å². The monoisotopic (exact) mass is 578 g/mol. The van der Waals surface area contributed by atoms with E-state index in [0.29, 0.717) is 19.7 Å². The number of carbonyl (C=O) groups is 1. The smallest absolute Gasteiger partial charge is 0.410 e. The van der Waals surface area contributed by atoms with Gasteiger partial charge in [0, 0.05) is 38.4 Å². The Morgan fingerprint density at radius 1 is 1.10 bits per heavy atom. The minimum atomic E-state index is -0.485. The number of ether oxygens (including phenoxy) is 3. The average Bonchev–Trinajstić information content (AvgIpc) is 3.57. The number of hydrogen-bond acceptors (Lipinski definition) is 6. The van der Waals surface area contributed by atoms with Gasteiger partial charge in [0.1, 0.15) is 29.8 Å². The Morgan fingerprint density at radius 3 is 2.61 bits per heavy atom. The lowest BCUT2D eigenvalue weighted by Gasteiger charge is -2.26. The molecule has 1 amide bonds. The van der Waals surface area contributed by atoms with Crippen LogP contribution >= 0.6 is 11.3 Å². The van der Waals surface area contributed by atoms with Crippen LogP contribution in [0.15, 0.2) is 48.0 Å². The van der Waals surface area contributed by atoms with Crippen molar-refractivity contribution in [2.45, 2.75) is 78.0 Å². The second-order valence-electron chi connectivity index (χ2n) is 11.7. The summed E-state index contributed by atoms with van der Waals surface area (Å²) in [5.41, 5.74) is 3.11. The fraction of sp³-hybridized carbons (Fsp3) is 0.500. The van der Waals surface area contributed by atoms with E-state index in [2.05, 4.69) is 40.6 Å². The molecule has 1 unspecified atom stereocenters. The van der Waals surface area contributed by atoms with Crippen LogP contribution in [-0.4, -0.2) is 56.5 Å². The van der Waals surface area contributed by atoms with E-state index in [-0.39, 0.29) is 12.2 Å². The van der Waals surface area contributed by atoms with E-state index >= 15 is 0 Å². The minimum Gasteiger partial charge on any atom is -0.492 e. The van der Waals surface area contributed by atoms with Crippen LogP contribution < -0.4 is 9.47 Å². The lowest BCUT2D eigenvalue weighted by atomic mass is 10.1. The van der Waals surface area contributed by atoms with Gasteiger partial charge >= 0.3 is 6.09 Å². The van der Waals surface area contributed by atoms with Gasteiger partial charge in [-0.2, -0.15) is 0 Å². The molecule has 0 bridgehead atoms. The summed E-state index contributed by atoms with van der Waals surface area (Å²) < 4.78 is 23.8. The summed E-state index contributed by atoms with van der Waals surface area (Å²) in [4.78, 5) is 19.1. The van der Waals surface area contributed by atoms with E-state index in [1.54, 1.807) is 16.2 Å². The molecule has 3 aromatic heterocycles. The predicted octanol–water partition coefficient (Wildman–Crippen LogP) is 7.30. The second-order valence-corrected chi connectivity index (χ2v) is 12.6. The Bertz CT molecular complexity index is 1450. The fourth-order valence-corrected chi connectivity index (χ4v) is 6.19. The standard InChI is InChI=1S/C32H42N4O4S/c1-6-8-23-22-33-30(28-21-29-27(34(28)5)15-20-41-29)36(23)18-19-38-24-10-12-26(13-11-24)39-25-9-7-16-35(17-14-25)31(37)40-32(2,3)4/h10-13,15,20-22,25H,6-9,14,16-19H2,1-5H3. The maximum absolute atomic E-state index is 12.5. The summed E-state index contributed by atoms with van der Waals surface area (Å²) in [6.45, 7) is 10.5. The number of fused-ring (bicyclic) bond motifs is 1. The van der Waals surface area contributed by atoms with Gasteiger partial charge in [-0.15, -0.1) is 11.3 Å². The summed E-state index contributed by atoms with van der Waals surface area (Å²) >= 11 is 1.76. The molecule has 41 heavy (non-hydrogen) atoms. The summed E-state index contributed by atoms with van der Waals surface area (Å²) in [5, 5.41) is 2.13. The molecule has 5 rings (SSSR count). The van der Waals surface area contributed by atoms with Crippen molar-refractivity contribution in [3.8, 4) is 23.0 Å². The van der Waals surface area contributed by atoms with Crippen molar-refractivity contribution in [2.24, 2.45) is 7.05 Å². The van der Waals surface area contributed by atoms with Crippen LogP contribution in [0, 0.1) is 0 Å². The van der Waals surface area contributed by atoms with Crippen LogP contribution in [0.3, 0.4) is 0 Å². The Balaban J connectivity index is 1.16. The quantitative estimate of drug-likeness (QED) is 0.208. The zero-order chi connectivity index (χ0) is 29.0. The normalized spacial score (nSPS) is 16.1. The molecule has 0 aliphatic carbocycles. The van der Waals surface area contributed by atoms with Crippen LogP contribution in [0.1, 0.15) is 59.1 Å². The Morgan fingerprint density at radius 2 is 1.88 bits per heavy atom. The van der Waals surface area contributed by atoms with Crippen LogP contribution in [0.4, 0.5) is 4.79 Å². The molecule has 1 fully saturated rings. The number of imidazole rings is 1. The predicted molar refractivity (Wildman–Crippen MR) is 164 cm³/mol. The number of rotatable bonds is 9. The van der Waals surface area contributed by atoms with Crippen LogP contribution in [0.2, 0.25) is 0 Å². The van der Waals surface area contributed by atoms with Crippen molar-refractivity contribution >= 4 is 27.6 Å². The number of aromatic nitrogens is 3. The SMILES string of the molecule is CCCc1cnc(-c2cc3sccc3n2C)n1CCOc1ccc(OC2CCCN(C(=O)OC(C)(C)C)CC2)cc1. The first-order chi connectivity index (χ1) is 19.7. The Hall–Kier alpha value is -3.46. The molecule has 0 spiro atoms. The number of carbonyl (C=O) groups excluding carboxylic acids is 1. The van der Waals surface area contributed by atoms with E-state index < -0.39 is 5.60 Å². The maximum atomic E-state index is 12.5. The van der Waals surface area contributed by atoms with Gasteiger partial charge < -0.3 is 28.2 Å². The molecule has 1 aliphatic heterocycles. The first kappa shape index (κ1) is 29.0. The van der Waals surface area contributed by atoms with E-state index in [1.165, 1.54) is 15.9 Å². The van der Waals surface area contributed by atoms with Gasteiger partial charge in [0.25, 0.3) is 0 Å². The second kappa shape index (κ2) is 12.6. The number of hydrogen-bond donors (Lipinski definition) is 0. The van der Waals surface area contributed by atoms with Gasteiger partial charge in [0.2, 0.25) is 0 Å². The zero-order valence-corrected chi connectivity index (χ0v) is 25.7. The van der Waals surface area contributed by atoms with Gasteiger partial charge in [0.05, 0.1) is 22.5 Å². The highest BCUT2D eigenvalue weighted by Gasteiger charge is 2.26. The third-order valence-corrected chi connectivity index (χ3v) is 8.23. The van der Waals surface area contributed by atoms with E-state index in [9.17, 15) is 4.79 Å². The number of likely N-dealkylation sites (tertiary alicyclic amines) is 1. The molecule has 0 N–H and O–H groups in total.